The second kappa shape index (κ2) is 8.37. The van der Waals surface area contributed by atoms with Crippen LogP contribution in [-0.4, -0.2) is 0 Å². The van der Waals surface area contributed by atoms with E-state index in [4.69, 9.17) is 0 Å². The lowest BCUT2D eigenvalue weighted by Crippen LogP contribution is -1.79. The van der Waals surface area contributed by atoms with Crippen molar-refractivity contribution in [3.8, 4) is 0 Å². The summed E-state index contributed by atoms with van der Waals surface area (Å²) in [5.41, 5.74) is 0. The highest BCUT2D eigenvalue weighted by Crippen LogP contribution is 2.39. The van der Waals surface area contributed by atoms with Gasteiger partial charge >= 0.3 is 0 Å². The number of unbranched alkanes of at least 4 members (excludes halogenated alkanes) is 2. The molecule has 5 rings (SSSR count). The van der Waals surface area contributed by atoms with Gasteiger partial charge in [0.1, 0.15) is 0 Å². The highest BCUT2D eigenvalue weighted by Gasteiger charge is 2.10. The molecule has 0 unspecified atom stereocenters. The summed E-state index contributed by atoms with van der Waals surface area (Å²) in [4.78, 5) is 2.70. The lowest BCUT2D eigenvalue weighted by Gasteiger charge is -2.06. The van der Waals surface area contributed by atoms with Gasteiger partial charge in [0.2, 0.25) is 0 Å². The first-order valence-electron chi connectivity index (χ1n) is 10.9. The maximum atomic E-state index is 2.36. The Morgan fingerprint density at radius 2 is 0.967 bits per heavy atom. The minimum atomic E-state index is 1.14. The van der Waals surface area contributed by atoms with Crippen LogP contribution in [0.1, 0.15) is 49.3 Å². The standard InChI is InChI=1S/C28H26S2/c1-3-5-7-9-19-17-25-23-11-12-24-22(21(23)13-15-27(25)29-19)14-16-28-26(24)18-20(30-28)10-8-6-4-2/h7-18H,3-6H2,1-2H3/b9-7+,10-8+. The molecule has 0 amide bonds. The van der Waals surface area contributed by atoms with E-state index in [0.29, 0.717) is 0 Å². The van der Waals surface area contributed by atoms with E-state index in [1.54, 1.807) is 0 Å². The molecule has 0 aliphatic heterocycles. The second-order valence-corrected chi connectivity index (χ2v) is 10.1. The van der Waals surface area contributed by atoms with E-state index >= 15 is 0 Å². The Kier molecular flexibility index (Phi) is 5.45. The van der Waals surface area contributed by atoms with Crippen LogP contribution in [0.3, 0.4) is 0 Å². The number of hydrogen-bond acceptors (Lipinski definition) is 2. The zero-order chi connectivity index (χ0) is 20.5. The number of thiophene rings is 2. The molecule has 0 fully saturated rings. The Labute approximate surface area is 186 Å². The largest absolute Gasteiger partial charge is 0.136 e. The summed E-state index contributed by atoms with van der Waals surface area (Å²) in [7, 11) is 0. The fourth-order valence-corrected chi connectivity index (χ4v) is 6.22. The van der Waals surface area contributed by atoms with Gasteiger partial charge in [0, 0.05) is 29.9 Å². The lowest BCUT2D eigenvalue weighted by atomic mass is 9.98. The fourth-order valence-electron chi connectivity index (χ4n) is 4.20. The average molecular weight is 427 g/mol. The van der Waals surface area contributed by atoms with Gasteiger partial charge in [-0.25, -0.2) is 0 Å². The van der Waals surface area contributed by atoms with E-state index in [0.717, 1.165) is 12.8 Å². The second-order valence-electron chi connectivity index (χ2n) is 7.89. The first kappa shape index (κ1) is 19.5. The third kappa shape index (κ3) is 3.49. The van der Waals surface area contributed by atoms with Crippen LogP contribution in [0.2, 0.25) is 0 Å². The summed E-state index contributed by atoms with van der Waals surface area (Å²) in [6, 6.07) is 18.6. The van der Waals surface area contributed by atoms with Gasteiger partial charge in [0.05, 0.1) is 0 Å². The lowest BCUT2D eigenvalue weighted by molar-refractivity contribution is 0.962. The molecule has 30 heavy (non-hydrogen) atoms. The van der Waals surface area contributed by atoms with Crippen molar-refractivity contribution in [3.63, 3.8) is 0 Å². The number of allylic oxidation sites excluding steroid dienone is 2. The maximum Gasteiger partial charge on any atom is 0.0355 e. The fraction of sp³-hybridized carbons (Fsp3) is 0.214. The first-order chi connectivity index (χ1) is 14.8. The molecule has 0 nitrogen and oxygen atoms in total. The van der Waals surface area contributed by atoms with Crippen LogP contribution in [0.4, 0.5) is 0 Å². The van der Waals surface area contributed by atoms with Gasteiger partial charge in [-0.3, -0.25) is 0 Å². The maximum absolute atomic E-state index is 2.36. The predicted octanol–water partition coefficient (Wildman–Crippen LogP) is 10.0. The Hall–Kier alpha value is -2.42. The monoisotopic (exact) mass is 426 g/mol. The Morgan fingerprint density at radius 1 is 0.567 bits per heavy atom. The molecule has 0 radical (unpaired) electrons. The molecular formula is C28H26S2. The zero-order valence-electron chi connectivity index (χ0n) is 17.6. The number of hydrogen-bond donors (Lipinski definition) is 0. The van der Waals surface area contributed by atoms with Crippen LogP contribution in [-0.2, 0) is 0 Å². The van der Waals surface area contributed by atoms with Gasteiger partial charge in [-0.15, -0.1) is 22.7 Å². The number of rotatable bonds is 6. The van der Waals surface area contributed by atoms with Gasteiger partial charge in [0.15, 0.2) is 0 Å². The molecule has 2 heteroatoms. The normalized spacial score (nSPS) is 12.6. The summed E-state index contributed by atoms with van der Waals surface area (Å²) >= 11 is 3.78. The Balaban J connectivity index is 1.66. The SMILES string of the molecule is CCC/C=C/c1cc2c(ccc3c2ccc2c4cc(/C=C/CCC)sc4ccc23)s1. The van der Waals surface area contributed by atoms with Crippen LogP contribution in [0.15, 0.2) is 60.7 Å². The molecule has 0 atom stereocenters. The number of benzene rings is 3. The van der Waals surface area contributed by atoms with Crippen molar-refractivity contribution in [2.24, 2.45) is 0 Å². The van der Waals surface area contributed by atoms with E-state index in [-0.39, 0.29) is 0 Å². The van der Waals surface area contributed by atoms with Crippen molar-refractivity contribution >= 4 is 76.5 Å². The van der Waals surface area contributed by atoms with E-state index in [9.17, 15) is 0 Å². The van der Waals surface area contributed by atoms with Crippen molar-refractivity contribution < 1.29 is 0 Å². The van der Waals surface area contributed by atoms with Gasteiger partial charge in [-0.1, -0.05) is 63.1 Å². The highest BCUT2D eigenvalue weighted by atomic mass is 32.1. The molecular weight excluding hydrogens is 400 g/mol. The van der Waals surface area contributed by atoms with Gasteiger partial charge in [-0.05, 0) is 70.8 Å². The third-order valence-electron chi connectivity index (χ3n) is 5.70. The van der Waals surface area contributed by atoms with E-state index in [2.05, 4.69) is 86.7 Å². The molecule has 3 aromatic carbocycles. The molecule has 0 spiro atoms. The quantitative estimate of drug-likeness (QED) is 0.237. The molecule has 0 aliphatic carbocycles. The molecule has 0 aliphatic rings. The molecule has 0 bridgehead atoms. The van der Waals surface area contributed by atoms with E-state index in [1.165, 1.54) is 64.3 Å². The van der Waals surface area contributed by atoms with E-state index in [1.807, 2.05) is 22.7 Å². The summed E-state index contributed by atoms with van der Waals surface area (Å²) in [5.74, 6) is 0. The minimum Gasteiger partial charge on any atom is -0.136 e. The molecule has 150 valence electrons. The minimum absolute atomic E-state index is 1.14. The van der Waals surface area contributed by atoms with Gasteiger partial charge in [0.25, 0.3) is 0 Å². The average Bonchev–Trinajstić information content (AvgIpc) is 3.37. The molecule has 5 aromatic rings. The van der Waals surface area contributed by atoms with Crippen molar-refractivity contribution in [2.45, 2.75) is 39.5 Å². The van der Waals surface area contributed by atoms with Crippen LogP contribution in [0, 0.1) is 0 Å². The summed E-state index contributed by atoms with van der Waals surface area (Å²) < 4.78 is 2.75. The topological polar surface area (TPSA) is 0 Å². The Morgan fingerprint density at radius 3 is 1.40 bits per heavy atom. The van der Waals surface area contributed by atoms with Crippen LogP contribution >= 0.6 is 22.7 Å². The van der Waals surface area contributed by atoms with Crippen LogP contribution < -0.4 is 0 Å². The molecule has 2 aromatic heterocycles. The summed E-state index contributed by atoms with van der Waals surface area (Å²) in [6.45, 7) is 4.45. The molecule has 0 saturated heterocycles. The summed E-state index contributed by atoms with van der Waals surface area (Å²) in [6.07, 6.45) is 13.8. The summed E-state index contributed by atoms with van der Waals surface area (Å²) in [5, 5.41) is 8.21. The van der Waals surface area contributed by atoms with E-state index < -0.39 is 0 Å². The predicted molar refractivity (Wildman–Crippen MR) is 140 cm³/mol. The van der Waals surface area contributed by atoms with Crippen molar-refractivity contribution in [2.75, 3.05) is 0 Å². The third-order valence-corrected chi connectivity index (χ3v) is 7.84. The van der Waals surface area contributed by atoms with Gasteiger partial charge < -0.3 is 0 Å². The zero-order valence-corrected chi connectivity index (χ0v) is 19.2. The molecule has 2 heterocycles. The Bertz CT molecular complexity index is 1300. The van der Waals surface area contributed by atoms with Crippen LogP contribution in [0.5, 0.6) is 0 Å². The van der Waals surface area contributed by atoms with Crippen molar-refractivity contribution in [3.05, 3.63) is 70.4 Å². The van der Waals surface area contributed by atoms with Crippen molar-refractivity contribution in [1.29, 1.82) is 0 Å². The number of fused-ring (bicyclic) bond motifs is 7. The van der Waals surface area contributed by atoms with Gasteiger partial charge in [-0.2, -0.15) is 0 Å². The van der Waals surface area contributed by atoms with Crippen LogP contribution in [0.25, 0.3) is 53.9 Å². The van der Waals surface area contributed by atoms with Crippen molar-refractivity contribution in [1.82, 2.24) is 0 Å². The molecule has 0 N–H and O–H groups in total. The first-order valence-corrected chi connectivity index (χ1v) is 12.6. The highest BCUT2D eigenvalue weighted by molar-refractivity contribution is 7.20. The smallest absolute Gasteiger partial charge is 0.0355 e. The molecule has 0 saturated carbocycles.